The van der Waals surface area contributed by atoms with Crippen LogP contribution in [0.15, 0.2) is 23.5 Å². The van der Waals surface area contributed by atoms with Gasteiger partial charge in [0.15, 0.2) is 0 Å². The van der Waals surface area contributed by atoms with Gasteiger partial charge in [-0.05, 0) is 12.1 Å². The molecule has 0 atom stereocenters. The van der Waals surface area contributed by atoms with Crippen molar-refractivity contribution in [1.82, 2.24) is 9.97 Å². The molecule has 0 fully saturated rings. The van der Waals surface area contributed by atoms with Gasteiger partial charge in [-0.2, -0.15) is 4.99 Å². The van der Waals surface area contributed by atoms with Crippen LogP contribution in [0.25, 0.3) is 11.0 Å². The lowest BCUT2D eigenvalue weighted by Gasteiger charge is -2.07. The number of carbonyl (C=O) groups is 1. The molecule has 0 radical (unpaired) electrons. The fraction of sp³-hybridized carbons (Fsp3) is 0.100. The molecule has 2 aromatic rings. The second-order valence-electron chi connectivity index (χ2n) is 3.19. The summed E-state index contributed by atoms with van der Waals surface area (Å²) in [6.07, 6.45) is 2.02. The van der Waals surface area contributed by atoms with E-state index in [0.29, 0.717) is 12.0 Å². The molecule has 1 aromatic heterocycles. The molecule has 16 heavy (non-hydrogen) atoms. The molecule has 2 rings (SSSR count). The van der Waals surface area contributed by atoms with E-state index < -0.39 is 0 Å². The number of hydrogen-bond acceptors (Lipinski definition) is 3. The Morgan fingerprint density at radius 3 is 3.12 bits per heavy atom. The van der Waals surface area contributed by atoms with Crippen molar-refractivity contribution >= 4 is 29.0 Å². The number of aromatic nitrogens is 2. The molecule has 0 aliphatic rings. The molecule has 1 heterocycles. The number of nitrogens with zero attached hydrogens (tertiary/aromatic N) is 2. The first-order valence-electron chi connectivity index (χ1n) is 4.68. The molecule has 0 unspecified atom stereocenters. The summed E-state index contributed by atoms with van der Waals surface area (Å²) < 4.78 is 0. The molecule has 1 aromatic carbocycles. The molecule has 0 saturated heterocycles. The van der Waals surface area contributed by atoms with E-state index in [0.717, 1.165) is 16.7 Å². The molecule has 0 bridgehead atoms. The van der Waals surface area contributed by atoms with Crippen molar-refractivity contribution in [2.45, 2.75) is 0 Å². The zero-order valence-corrected chi connectivity index (χ0v) is 8.69. The van der Waals surface area contributed by atoms with Crippen molar-refractivity contribution in [3.63, 3.8) is 0 Å². The molecular formula is C10H11N5O. The summed E-state index contributed by atoms with van der Waals surface area (Å²) >= 11 is 0. The van der Waals surface area contributed by atoms with Crippen LogP contribution in [0.2, 0.25) is 0 Å². The molecular weight excluding hydrogens is 206 g/mol. The van der Waals surface area contributed by atoms with Gasteiger partial charge in [0.05, 0.1) is 17.4 Å². The van der Waals surface area contributed by atoms with Gasteiger partial charge >= 0.3 is 0 Å². The monoisotopic (exact) mass is 217 g/mol. The maximum absolute atomic E-state index is 10.3. The molecule has 82 valence electrons. The average molecular weight is 217 g/mol. The van der Waals surface area contributed by atoms with Crippen molar-refractivity contribution in [1.29, 1.82) is 0 Å². The number of hydrogen-bond donors (Lipinski definition) is 3. The lowest BCUT2D eigenvalue weighted by molar-refractivity contribution is -0.106. The van der Waals surface area contributed by atoms with Crippen LogP contribution in [-0.2, 0) is 4.79 Å². The summed E-state index contributed by atoms with van der Waals surface area (Å²) in [5, 5.41) is 2.99. The van der Waals surface area contributed by atoms with E-state index in [1.165, 1.54) is 0 Å². The normalized spacial score (nSPS) is 11.7. The van der Waals surface area contributed by atoms with Gasteiger partial charge in [-0.25, -0.2) is 4.98 Å². The van der Waals surface area contributed by atoms with Gasteiger partial charge in [-0.1, -0.05) is 0 Å². The lowest BCUT2D eigenvalue weighted by atomic mass is 10.1. The first-order valence-corrected chi connectivity index (χ1v) is 4.68. The third-order valence-corrected chi connectivity index (χ3v) is 2.30. The Kier molecular flexibility index (Phi) is 2.55. The Hall–Kier alpha value is -2.37. The Morgan fingerprint density at radius 2 is 2.44 bits per heavy atom. The number of nitrogens with one attached hydrogen (secondary N) is 2. The molecule has 0 spiro atoms. The highest BCUT2D eigenvalue weighted by atomic mass is 16.1. The average Bonchev–Trinajstić information content (AvgIpc) is 2.74. The number of amidine groups is 1. The highest BCUT2D eigenvalue weighted by molar-refractivity contribution is 6.07. The minimum Gasteiger partial charge on any atom is -0.387 e. The first-order chi connectivity index (χ1) is 7.76. The third kappa shape index (κ3) is 1.60. The number of rotatable bonds is 3. The van der Waals surface area contributed by atoms with Crippen LogP contribution in [0.3, 0.4) is 0 Å². The van der Waals surface area contributed by atoms with Gasteiger partial charge < -0.3 is 16.0 Å². The Morgan fingerprint density at radius 1 is 1.62 bits per heavy atom. The number of nitrogens with two attached hydrogens (primary N) is 1. The lowest BCUT2D eigenvalue weighted by Crippen LogP contribution is -2.15. The number of H-pyrrole nitrogens is 1. The molecule has 0 saturated carbocycles. The molecule has 4 N–H and O–H groups in total. The van der Waals surface area contributed by atoms with Crippen molar-refractivity contribution in [2.24, 2.45) is 10.7 Å². The number of amides is 1. The molecule has 6 nitrogen and oxygen atoms in total. The Balaban J connectivity index is 2.65. The van der Waals surface area contributed by atoms with E-state index in [1.807, 2.05) is 6.07 Å². The number of imidazole rings is 1. The molecule has 0 aliphatic carbocycles. The number of carbonyl (C=O) groups excluding carboxylic acids is 1. The molecule has 0 aliphatic heterocycles. The van der Waals surface area contributed by atoms with E-state index in [-0.39, 0.29) is 5.84 Å². The van der Waals surface area contributed by atoms with Crippen LogP contribution < -0.4 is 11.1 Å². The minimum absolute atomic E-state index is 0.177. The SMILES string of the molecule is CNc1cc2nc[nH]c2cc1C(N)=NC=O. The quantitative estimate of drug-likeness (QED) is 0.395. The van der Waals surface area contributed by atoms with E-state index in [1.54, 1.807) is 19.4 Å². The Bertz CT molecular complexity index is 557. The van der Waals surface area contributed by atoms with Crippen molar-refractivity contribution < 1.29 is 4.79 Å². The van der Waals surface area contributed by atoms with Crippen molar-refractivity contribution in [2.75, 3.05) is 12.4 Å². The summed E-state index contributed by atoms with van der Waals surface area (Å²) in [5.74, 6) is 0.177. The fourth-order valence-electron chi connectivity index (χ4n) is 1.53. The first kappa shape index (κ1) is 10.2. The summed E-state index contributed by atoms with van der Waals surface area (Å²) in [5.41, 5.74) is 8.81. The topological polar surface area (TPSA) is 96.2 Å². The zero-order valence-electron chi connectivity index (χ0n) is 8.69. The van der Waals surface area contributed by atoms with Crippen LogP contribution in [0.1, 0.15) is 5.56 Å². The smallest absolute Gasteiger partial charge is 0.234 e. The van der Waals surface area contributed by atoms with Gasteiger partial charge in [-0.15, -0.1) is 0 Å². The summed E-state index contributed by atoms with van der Waals surface area (Å²) in [4.78, 5) is 20.9. The highest BCUT2D eigenvalue weighted by Crippen LogP contribution is 2.21. The highest BCUT2D eigenvalue weighted by Gasteiger charge is 2.08. The number of anilines is 1. The molecule has 6 heteroatoms. The van der Waals surface area contributed by atoms with Gasteiger partial charge in [0, 0.05) is 18.3 Å². The van der Waals surface area contributed by atoms with Gasteiger partial charge in [0.1, 0.15) is 5.84 Å². The standard InChI is InChI=1S/C10H11N5O/c1-12-7-3-9-8(13-4-14-9)2-6(7)10(11)15-5-16/h2-5,12H,1H3,(H,13,14)(H2,11,15,16). The van der Waals surface area contributed by atoms with E-state index in [9.17, 15) is 4.79 Å². The number of fused-ring (bicyclic) bond motifs is 1. The maximum Gasteiger partial charge on any atom is 0.234 e. The Labute approximate surface area is 91.6 Å². The molecule has 1 amide bonds. The van der Waals surface area contributed by atoms with Crippen LogP contribution in [-0.4, -0.2) is 29.3 Å². The van der Waals surface area contributed by atoms with Crippen LogP contribution in [0, 0.1) is 0 Å². The second kappa shape index (κ2) is 4.01. The van der Waals surface area contributed by atoms with Crippen LogP contribution >= 0.6 is 0 Å². The second-order valence-corrected chi connectivity index (χ2v) is 3.19. The predicted molar refractivity (Wildman–Crippen MR) is 62.4 cm³/mol. The van der Waals surface area contributed by atoms with Crippen molar-refractivity contribution in [3.05, 3.63) is 24.0 Å². The van der Waals surface area contributed by atoms with E-state index in [4.69, 9.17) is 5.73 Å². The largest absolute Gasteiger partial charge is 0.387 e. The summed E-state index contributed by atoms with van der Waals surface area (Å²) in [6, 6.07) is 3.64. The van der Waals surface area contributed by atoms with Gasteiger partial charge in [-0.3, -0.25) is 4.79 Å². The van der Waals surface area contributed by atoms with Crippen LogP contribution in [0.5, 0.6) is 0 Å². The number of aliphatic imine (C=N–C) groups is 1. The predicted octanol–water partition coefficient (Wildman–Crippen LogP) is 0.466. The van der Waals surface area contributed by atoms with E-state index >= 15 is 0 Å². The van der Waals surface area contributed by atoms with Gasteiger partial charge in [0.25, 0.3) is 0 Å². The fourth-order valence-corrected chi connectivity index (χ4v) is 1.53. The van der Waals surface area contributed by atoms with Crippen LogP contribution in [0.4, 0.5) is 5.69 Å². The summed E-state index contributed by atoms with van der Waals surface area (Å²) in [7, 11) is 1.77. The number of benzene rings is 1. The zero-order chi connectivity index (χ0) is 11.5. The van der Waals surface area contributed by atoms with E-state index in [2.05, 4.69) is 20.3 Å². The minimum atomic E-state index is 0.177. The van der Waals surface area contributed by atoms with Crippen molar-refractivity contribution in [3.8, 4) is 0 Å². The third-order valence-electron chi connectivity index (χ3n) is 2.30. The maximum atomic E-state index is 10.3. The van der Waals surface area contributed by atoms with Gasteiger partial charge in [0.2, 0.25) is 6.41 Å². The summed E-state index contributed by atoms with van der Waals surface area (Å²) in [6.45, 7) is 0. The number of aromatic amines is 1.